The Bertz CT molecular complexity index is 465. The van der Waals surface area contributed by atoms with Crippen molar-refractivity contribution >= 4 is 5.91 Å². The highest BCUT2D eigenvalue weighted by Gasteiger charge is 2.27. The van der Waals surface area contributed by atoms with Crippen molar-refractivity contribution in [1.29, 1.82) is 0 Å². The smallest absolute Gasteiger partial charge is 0.272 e. The number of aliphatic hydroxyl groups is 1. The molecule has 1 aliphatic rings. The third-order valence-electron chi connectivity index (χ3n) is 3.18. The zero-order chi connectivity index (χ0) is 13.3. The number of nitrogens with zero attached hydrogens (tertiary/aromatic N) is 2. The van der Waals surface area contributed by atoms with Crippen molar-refractivity contribution in [2.24, 2.45) is 7.05 Å². The number of amides is 1. The molecule has 1 amide bonds. The maximum absolute atomic E-state index is 12.2. The highest BCUT2D eigenvalue weighted by molar-refractivity contribution is 5.94. The molecule has 1 aromatic heterocycles. The maximum atomic E-state index is 12.2. The molecule has 0 unspecified atom stereocenters. The zero-order valence-corrected chi connectivity index (χ0v) is 11.1. The van der Waals surface area contributed by atoms with Gasteiger partial charge in [-0.05, 0) is 13.8 Å². The molecule has 0 aromatic carbocycles. The first-order valence-electron chi connectivity index (χ1n) is 6.13. The number of aliphatic hydroxyl groups excluding tert-OH is 1. The van der Waals surface area contributed by atoms with Crippen LogP contribution in [0.25, 0.3) is 0 Å². The molecule has 0 saturated carbocycles. The molecular weight excluding hydrogens is 232 g/mol. The lowest BCUT2D eigenvalue weighted by Gasteiger charge is -2.23. The second-order valence-corrected chi connectivity index (χ2v) is 5.32. The van der Waals surface area contributed by atoms with E-state index in [1.54, 1.807) is 18.5 Å². The summed E-state index contributed by atoms with van der Waals surface area (Å²) < 4.78 is 1.77. The van der Waals surface area contributed by atoms with E-state index in [9.17, 15) is 9.90 Å². The number of carbonyl (C=O) groups is 1. The van der Waals surface area contributed by atoms with Crippen LogP contribution in [0.15, 0.2) is 0 Å². The van der Waals surface area contributed by atoms with E-state index in [0.29, 0.717) is 12.2 Å². The molecule has 18 heavy (non-hydrogen) atoms. The van der Waals surface area contributed by atoms with Crippen LogP contribution in [0.1, 0.15) is 35.6 Å². The quantitative estimate of drug-likeness (QED) is 0.682. The molecule has 0 bridgehead atoms. The molecule has 0 aliphatic carbocycles. The number of hydrogen-bond donors (Lipinski definition) is 3. The lowest BCUT2D eigenvalue weighted by atomic mass is 10.0. The van der Waals surface area contributed by atoms with Gasteiger partial charge in [0.25, 0.3) is 5.91 Å². The summed E-state index contributed by atoms with van der Waals surface area (Å²) in [5.74, 6) is -0.227. The second kappa shape index (κ2) is 4.70. The van der Waals surface area contributed by atoms with Crippen molar-refractivity contribution < 1.29 is 9.90 Å². The van der Waals surface area contributed by atoms with Crippen LogP contribution in [0.4, 0.5) is 0 Å². The molecular formula is C12H20N4O2. The minimum Gasteiger partial charge on any atom is -0.394 e. The number of hydrogen-bond acceptors (Lipinski definition) is 4. The predicted octanol–water partition coefficient (Wildman–Crippen LogP) is -0.433. The molecule has 0 atom stereocenters. The second-order valence-electron chi connectivity index (χ2n) is 5.32. The van der Waals surface area contributed by atoms with Crippen molar-refractivity contribution in [2.45, 2.75) is 32.4 Å². The van der Waals surface area contributed by atoms with Crippen LogP contribution < -0.4 is 10.6 Å². The molecule has 0 radical (unpaired) electrons. The summed E-state index contributed by atoms with van der Waals surface area (Å²) in [7, 11) is 1.86. The number of aryl methyl sites for hydroxylation is 1. The van der Waals surface area contributed by atoms with Gasteiger partial charge < -0.3 is 15.7 Å². The van der Waals surface area contributed by atoms with E-state index < -0.39 is 5.54 Å². The molecule has 100 valence electrons. The Labute approximate surface area is 106 Å². The van der Waals surface area contributed by atoms with E-state index >= 15 is 0 Å². The van der Waals surface area contributed by atoms with E-state index in [0.717, 1.165) is 24.2 Å². The summed E-state index contributed by atoms with van der Waals surface area (Å²) in [5, 5.41) is 19.5. The first-order valence-corrected chi connectivity index (χ1v) is 6.13. The molecule has 1 aliphatic heterocycles. The Morgan fingerprint density at radius 1 is 1.61 bits per heavy atom. The van der Waals surface area contributed by atoms with Gasteiger partial charge >= 0.3 is 0 Å². The highest BCUT2D eigenvalue weighted by atomic mass is 16.3. The van der Waals surface area contributed by atoms with E-state index in [4.69, 9.17) is 0 Å². The fourth-order valence-electron chi connectivity index (χ4n) is 2.11. The van der Waals surface area contributed by atoms with Crippen molar-refractivity contribution in [2.75, 3.05) is 13.2 Å². The molecule has 6 nitrogen and oxygen atoms in total. The van der Waals surface area contributed by atoms with Gasteiger partial charge in [-0.1, -0.05) is 0 Å². The summed E-state index contributed by atoms with van der Waals surface area (Å²) >= 11 is 0. The monoisotopic (exact) mass is 252 g/mol. The first-order chi connectivity index (χ1) is 8.44. The van der Waals surface area contributed by atoms with Gasteiger partial charge in [0.2, 0.25) is 0 Å². The minimum atomic E-state index is -0.635. The zero-order valence-electron chi connectivity index (χ0n) is 11.1. The number of carbonyl (C=O) groups excluding carboxylic acids is 1. The largest absolute Gasteiger partial charge is 0.394 e. The lowest BCUT2D eigenvalue weighted by Crippen LogP contribution is -2.46. The van der Waals surface area contributed by atoms with Gasteiger partial charge in [0.15, 0.2) is 5.69 Å². The molecule has 3 N–H and O–H groups in total. The molecule has 6 heteroatoms. The van der Waals surface area contributed by atoms with Crippen LogP contribution in [-0.4, -0.2) is 39.5 Å². The van der Waals surface area contributed by atoms with Crippen molar-refractivity contribution in [3.63, 3.8) is 0 Å². The standard InChI is InChI=1S/C12H20N4O2/c1-12(2,7-17)14-11(18)10-8-6-13-5-4-9(8)16(3)15-10/h13,17H,4-7H2,1-3H3,(H,14,18). The highest BCUT2D eigenvalue weighted by Crippen LogP contribution is 2.18. The van der Waals surface area contributed by atoms with E-state index in [1.807, 2.05) is 7.05 Å². The number of nitrogens with one attached hydrogen (secondary N) is 2. The van der Waals surface area contributed by atoms with Gasteiger partial charge in [0.1, 0.15) is 0 Å². The first kappa shape index (κ1) is 13.0. The minimum absolute atomic E-state index is 0.105. The van der Waals surface area contributed by atoms with Gasteiger partial charge in [-0.2, -0.15) is 5.10 Å². The topological polar surface area (TPSA) is 79.2 Å². The fourth-order valence-corrected chi connectivity index (χ4v) is 2.11. The van der Waals surface area contributed by atoms with Crippen LogP contribution in [0.2, 0.25) is 0 Å². The van der Waals surface area contributed by atoms with E-state index in [-0.39, 0.29) is 12.5 Å². The predicted molar refractivity (Wildman–Crippen MR) is 67.2 cm³/mol. The molecule has 0 fully saturated rings. The van der Waals surface area contributed by atoms with Gasteiger partial charge in [-0.3, -0.25) is 9.48 Å². The third-order valence-corrected chi connectivity index (χ3v) is 3.18. The van der Waals surface area contributed by atoms with Crippen LogP contribution in [-0.2, 0) is 20.0 Å². The molecule has 2 rings (SSSR count). The van der Waals surface area contributed by atoms with Crippen molar-refractivity contribution in [3.8, 4) is 0 Å². The Morgan fingerprint density at radius 3 is 3.00 bits per heavy atom. The third kappa shape index (κ3) is 2.39. The summed E-state index contributed by atoms with van der Waals surface area (Å²) in [6, 6.07) is 0. The Balaban J connectivity index is 2.26. The van der Waals surface area contributed by atoms with Gasteiger partial charge in [-0.25, -0.2) is 0 Å². The van der Waals surface area contributed by atoms with Crippen LogP contribution >= 0.6 is 0 Å². The summed E-state index contributed by atoms with van der Waals surface area (Å²) in [6.07, 6.45) is 0.884. The average molecular weight is 252 g/mol. The normalized spacial score (nSPS) is 15.3. The summed E-state index contributed by atoms with van der Waals surface area (Å²) in [4.78, 5) is 12.2. The van der Waals surface area contributed by atoms with Gasteiger partial charge in [0, 0.05) is 37.8 Å². The molecule has 0 spiro atoms. The summed E-state index contributed by atoms with van der Waals surface area (Å²) in [5.41, 5.74) is 1.90. The number of fused-ring (bicyclic) bond motifs is 1. The van der Waals surface area contributed by atoms with Crippen LogP contribution in [0.5, 0.6) is 0 Å². The van der Waals surface area contributed by atoms with E-state index in [2.05, 4.69) is 15.7 Å². The van der Waals surface area contributed by atoms with Gasteiger partial charge in [-0.15, -0.1) is 0 Å². The van der Waals surface area contributed by atoms with Crippen molar-refractivity contribution in [3.05, 3.63) is 17.0 Å². The molecule has 1 aromatic rings. The van der Waals surface area contributed by atoms with Crippen LogP contribution in [0.3, 0.4) is 0 Å². The Kier molecular flexibility index (Phi) is 3.41. The molecule has 2 heterocycles. The SMILES string of the molecule is Cn1nc(C(=O)NC(C)(C)CO)c2c1CCNC2. The fraction of sp³-hybridized carbons (Fsp3) is 0.667. The Morgan fingerprint density at radius 2 is 2.33 bits per heavy atom. The number of aromatic nitrogens is 2. The maximum Gasteiger partial charge on any atom is 0.272 e. The average Bonchev–Trinajstić information content (AvgIpc) is 2.67. The van der Waals surface area contributed by atoms with Crippen LogP contribution in [0, 0.1) is 0 Å². The van der Waals surface area contributed by atoms with Crippen molar-refractivity contribution in [1.82, 2.24) is 20.4 Å². The number of rotatable bonds is 3. The Hall–Kier alpha value is -1.40. The molecule has 0 saturated heterocycles. The summed E-state index contributed by atoms with van der Waals surface area (Å²) in [6.45, 7) is 5.03. The van der Waals surface area contributed by atoms with Gasteiger partial charge in [0.05, 0.1) is 12.1 Å². The lowest BCUT2D eigenvalue weighted by molar-refractivity contribution is 0.0862. The van der Waals surface area contributed by atoms with E-state index in [1.165, 1.54) is 0 Å².